The molecule has 0 spiro atoms. The maximum absolute atomic E-state index is 11.6. The highest BCUT2D eigenvalue weighted by atomic mass is 32.2. The zero-order valence-corrected chi connectivity index (χ0v) is 9.73. The van der Waals surface area contributed by atoms with Gasteiger partial charge in [-0.05, 0) is 33.6 Å². The van der Waals surface area contributed by atoms with Gasteiger partial charge in [0.25, 0.3) is 0 Å². The topological polar surface area (TPSA) is 58.6 Å². The maximum Gasteiger partial charge on any atom is 0.301 e. The van der Waals surface area contributed by atoms with Gasteiger partial charge >= 0.3 is 10.2 Å². The molecule has 0 radical (unpaired) electrons. The van der Waals surface area contributed by atoms with Crippen molar-refractivity contribution in [2.45, 2.75) is 39.2 Å². The normalized spacial score (nSPS) is 20.2. The van der Waals surface area contributed by atoms with Gasteiger partial charge in [-0.15, -0.1) is 0 Å². The molecule has 1 saturated heterocycles. The average Bonchev–Trinajstić information content (AvgIpc) is 2.52. The molecule has 1 rings (SSSR count). The summed E-state index contributed by atoms with van der Waals surface area (Å²) in [7, 11) is -3.43. The predicted octanol–water partition coefficient (Wildman–Crippen LogP) is 0.647. The Morgan fingerprint density at radius 2 is 1.71 bits per heavy atom. The summed E-state index contributed by atoms with van der Waals surface area (Å²) in [6, 6.07) is 0. The van der Waals surface area contributed by atoms with Crippen LogP contribution in [0.3, 0.4) is 0 Å². The second kappa shape index (κ2) is 4.14. The largest absolute Gasteiger partial charge is 0.301 e. The van der Waals surface area contributed by atoms with E-state index in [1.54, 1.807) is 20.8 Å². The number of nitrogens with zero attached hydrogens (tertiary/aromatic N) is 1. The first-order chi connectivity index (χ1) is 6.31. The van der Waals surface area contributed by atoms with Crippen molar-refractivity contribution >= 4 is 10.2 Å². The maximum atomic E-state index is 11.6. The minimum absolute atomic E-state index is 0.507. The monoisotopic (exact) mass is 222 g/mol. The minimum Gasteiger partial charge on any atom is -0.280 e. The van der Waals surface area contributed by atoms with E-state index in [1.807, 2.05) is 0 Å². The van der Waals surface area contributed by atoms with Crippen LogP contribution in [0.2, 0.25) is 0 Å². The summed E-state index contributed by atoms with van der Waals surface area (Å²) in [5.41, 5.74) is -0.507. The number of rotatable bonds is 3. The lowest BCUT2D eigenvalue weighted by Crippen LogP contribution is -2.42. The first kappa shape index (κ1) is 11.9. The molecule has 1 N–H and O–H groups in total. The molecule has 5 nitrogen and oxygen atoms in total. The first-order valence-corrected chi connectivity index (χ1v) is 6.20. The van der Waals surface area contributed by atoms with E-state index in [-0.39, 0.29) is 0 Å². The molecule has 0 unspecified atom stereocenters. The Bertz CT molecular complexity index is 275. The van der Waals surface area contributed by atoms with Crippen LogP contribution in [0.1, 0.15) is 33.6 Å². The Balaban J connectivity index is 2.50. The van der Waals surface area contributed by atoms with Crippen LogP contribution in [-0.2, 0) is 15.0 Å². The fourth-order valence-corrected chi connectivity index (χ4v) is 2.36. The second-order valence-corrected chi connectivity index (χ2v) is 6.04. The van der Waals surface area contributed by atoms with Crippen molar-refractivity contribution < 1.29 is 13.3 Å². The van der Waals surface area contributed by atoms with Crippen LogP contribution < -0.4 is 4.89 Å². The van der Waals surface area contributed by atoms with Crippen molar-refractivity contribution in [3.8, 4) is 0 Å². The van der Waals surface area contributed by atoms with Crippen molar-refractivity contribution in [2.75, 3.05) is 13.1 Å². The summed E-state index contributed by atoms with van der Waals surface area (Å²) in [4.78, 5) is 7.17. The molecule has 0 aromatic rings. The molecule has 1 heterocycles. The van der Waals surface area contributed by atoms with Crippen LogP contribution in [-0.4, -0.2) is 31.4 Å². The van der Waals surface area contributed by atoms with Gasteiger partial charge in [0.2, 0.25) is 0 Å². The standard InChI is InChI=1S/C8H18N2O3S/c1-8(2,3)13-9-14(11,12)10-6-4-5-7-10/h9H,4-7H2,1-3H3. The molecule has 0 aromatic heterocycles. The van der Waals surface area contributed by atoms with E-state index in [0.717, 1.165) is 12.8 Å². The molecule has 0 bridgehead atoms. The van der Waals surface area contributed by atoms with E-state index in [0.29, 0.717) is 13.1 Å². The van der Waals surface area contributed by atoms with Crippen molar-refractivity contribution in [1.29, 1.82) is 0 Å². The van der Waals surface area contributed by atoms with Gasteiger partial charge in [-0.2, -0.15) is 12.7 Å². The van der Waals surface area contributed by atoms with Crippen LogP contribution in [0.25, 0.3) is 0 Å². The second-order valence-electron chi connectivity index (χ2n) is 4.41. The van der Waals surface area contributed by atoms with Crippen molar-refractivity contribution in [2.24, 2.45) is 0 Å². The molecule has 1 fully saturated rings. The minimum atomic E-state index is -3.43. The Kier molecular flexibility index (Phi) is 3.52. The van der Waals surface area contributed by atoms with Crippen LogP contribution >= 0.6 is 0 Å². The average molecular weight is 222 g/mol. The van der Waals surface area contributed by atoms with Gasteiger partial charge in [-0.25, -0.2) is 0 Å². The lowest BCUT2D eigenvalue weighted by atomic mass is 10.2. The molecule has 6 heteroatoms. The Hall–Kier alpha value is -0.170. The zero-order valence-electron chi connectivity index (χ0n) is 8.91. The third kappa shape index (κ3) is 3.53. The highest BCUT2D eigenvalue weighted by Crippen LogP contribution is 2.12. The summed E-state index contributed by atoms with van der Waals surface area (Å²) in [6.07, 6.45) is 1.85. The van der Waals surface area contributed by atoms with Gasteiger partial charge in [0.1, 0.15) is 0 Å². The molecule has 0 saturated carbocycles. The molecular formula is C8H18N2O3S. The van der Waals surface area contributed by atoms with Crippen LogP contribution in [0.4, 0.5) is 0 Å². The van der Waals surface area contributed by atoms with E-state index in [1.165, 1.54) is 4.31 Å². The van der Waals surface area contributed by atoms with Gasteiger partial charge in [0, 0.05) is 13.1 Å². The Morgan fingerprint density at radius 1 is 1.21 bits per heavy atom. The van der Waals surface area contributed by atoms with E-state index in [2.05, 4.69) is 4.89 Å². The van der Waals surface area contributed by atoms with Gasteiger partial charge in [0.05, 0.1) is 5.60 Å². The zero-order chi connectivity index (χ0) is 10.8. The highest BCUT2D eigenvalue weighted by molar-refractivity contribution is 7.87. The highest BCUT2D eigenvalue weighted by Gasteiger charge is 2.26. The quantitative estimate of drug-likeness (QED) is 0.713. The predicted molar refractivity (Wildman–Crippen MR) is 53.7 cm³/mol. The molecule has 1 aliphatic heterocycles. The van der Waals surface area contributed by atoms with Crippen molar-refractivity contribution in [1.82, 2.24) is 9.19 Å². The number of hydrogen-bond donors (Lipinski definition) is 1. The summed E-state index contributed by atoms with van der Waals surface area (Å²) in [6.45, 7) is 6.55. The summed E-state index contributed by atoms with van der Waals surface area (Å²) in [5, 5.41) is 0. The van der Waals surface area contributed by atoms with Crippen LogP contribution in [0.15, 0.2) is 0 Å². The van der Waals surface area contributed by atoms with Crippen molar-refractivity contribution in [3.05, 3.63) is 0 Å². The van der Waals surface area contributed by atoms with Gasteiger partial charge in [-0.3, -0.25) is 4.84 Å². The molecule has 84 valence electrons. The third-order valence-electron chi connectivity index (χ3n) is 1.86. The molecule has 0 atom stereocenters. The van der Waals surface area contributed by atoms with Crippen LogP contribution in [0.5, 0.6) is 0 Å². The van der Waals surface area contributed by atoms with Crippen LogP contribution in [0, 0.1) is 0 Å². The smallest absolute Gasteiger partial charge is 0.280 e. The lowest BCUT2D eigenvalue weighted by Gasteiger charge is -2.22. The Morgan fingerprint density at radius 3 is 2.14 bits per heavy atom. The number of nitrogens with one attached hydrogen (secondary N) is 1. The Labute approximate surface area is 85.6 Å². The molecular weight excluding hydrogens is 204 g/mol. The summed E-state index contributed by atoms with van der Waals surface area (Å²) >= 11 is 0. The third-order valence-corrected chi connectivity index (χ3v) is 3.20. The molecule has 0 aromatic carbocycles. The van der Waals surface area contributed by atoms with E-state index in [4.69, 9.17) is 4.84 Å². The number of hydrogen-bond acceptors (Lipinski definition) is 3. The summed E-state index contributed by atoms with van der Waals surface area (Å²) < 4.78 is 24.5. The fourth-order valence-electron chi connectivity index (χ4n) is 1.16. The molecule has 1 aliphatic rings. The first-order valence-electron chi connectivity index (χ1n) is 4.76. The van der Waals surface area contributed by atoms with Gasteiger partial charge < -0.3 is 0 Å². The van der Waals surface area contributed by atoms with E-state index in [9.17, 15) is 8.42 Å². The van der Waals surface area contributed by atoms with E-state index >= 15 is 0 Å². The molecule has 0 aliphatic carbocycles. The summed E-state index contributed by atoms with van der Waals surface area (Å²) in [5.74, 6) is 0. The fraction of sp³-hybridized carbons (Fsp3) is 1.00. The lowest BCUT2D eigenvalue weighted by molar-refractivity contribution is -0.0379. The molecule has 14 heavy (non-hydrogen) atoms. The van der Waals surface area contributed by atoms with Crippen molar-refractivity contribution in [3.63, 3.8) is 0 Å². The van der Waals surface area contributed by atoms with Gasteiger partial charge in [-0.1, -0.05) is 4.89 Å². The molecule has 0 amide bonds. The van der Waals surface area contributed by atoms with E-state index < -0.39 is 15.8 Å². The SMILES string of the molecule is CC(C)(C)ONS(=O)(=O)N1CCCC1. The van der Waals surface area contributed by atoms with Gasteiger partial charge in [0.15, 0.2) is 0 Å².